The topological polar surface area (TPSA) is 42.1 Å². The zero-order valence-electron chi connectivity index (χ0n) is 10.9. The first-order valence-electron chi connectivity index (χ1n) is 6.58. The number of benzene rings is 1. The Morgan fingerprint density at radius 2 is 1.85 bits per heavy atom. The van der Waals surface area contributed by atoms with E-state index in [1.54, 1.807) is 6.07 Å². The van der Waals surface area contributed by atoms with Crippen LogP contribution in [0.25, 0.3) is 0 Å². The quantitative estimate of drug-likeness (QED) is 0.841. The molecule has 2 heterocycles. The van der Waals surface area contributed by atoms with E-state index < -0.39 is 0 Å². The predicted molar refractivity (Wildman–Crippen MR) is 84.4 cm³/mol. The van der Waals surface area contributed by atoms with Crippen LogP contribution in [-0.2, 0) is 0 Å². The lowest BCUT2D eigenvalue weighted by Gasteiger charge is -2.28. The zero-order valence-corrected chi connectivity index (χ0v) is 12.4. The number of hydrogen-bond donors (Lipinski definition) is 1. The third kappa shape index (κ3) is 2.43. The van der Waals surface area contributed by atoms with Crippen LogP contribution in [0.3, 0.4) is 0 Å². The summed E-state index contributed by atoms with van der Waals surface area (Å²) >= 11 is 12.1. The summed E-state index contributed by atoms with van der Waals surface area (Å²) in [6, 6.07) is 8.00. The molecule has 1 atom stereocenters. The van der Waals surface area contributed by atoms with Gasteiger partial charge in [-0.2, -0.15) is 0 Å². The molecule has 1 fully saturated rings. The van der Waals surface area contributed by atoms with Crippen molar-refractivity contribution in [1.29, 1.82) is 0 Å². The summed E-state index contributed by atoms with van der Waals surface area (Å²) in [7, 11) is 0. The molecule has 3 rings (SSSR count). The molecule has 1 aromatic carbocycles. The van der Waals surface area contributed by atoms with Crippen LogP contribution >= 0.6 is 23.2 Å². The van der Waals surface area contributed by atoms with Crippen molar-refractivity contribution in [2.24, 2.45) is 0 Å². The fraction of sp³-hybridized carbons (Fsp3) is 0.267. The van der Waals surface area contributed by atoms with Crippen molar-refractivity contribution >= 4 is 34.6 Å². The van der Waals surface area contributed by atoms with Crippen LogP contribution in [0.4, 0.5) is 11.4 Å². The van der Waals surface area contributed by atoms with Crippen molar-refractivity contribution in [1.82, 2.24) is 4.98 Å². The van der Waals surface area contributed by atoms with E-state index in [-0.39, 0.29) is 0 Å². The van der Waals surface area contributed by atoms with E-state index in [0.29, 0.717) is 21.8 Å². The highest BCUT2D eigenvalue weighted by atomic mass is 35.5. The molecule has 1 aromatic heterocycles. The molecule has 0 aliphatic carbocycles. The van der Waals surface area contributed by atoms with Crippen molar-refractivity contribution in [2.45, 2.75) is 18.9 Å². The molecule has 104 valence electrons. The number of rotatable bonds is 2. The summed E-state index contributed by atoms with van der Waals surface area (Å²) in [5.41, 5.74) is 8.99. The van der Waals surface area contributed by atoms with Crippen molar-refractivity contribution in [2.75, 3.05) is 17.2 Å². The van der Waals surface area contributed by atoms with Crippen LogP contribution in [-0.4, -0.2) is 11.5 Å². The van der Waals surface area contributed by atoms with Gasteiger partial charge in [0, 0.05) is 18.9 Å². The van der Waals surface area contributed by atoms with E-state index in [9.17, 15) is 0 Å². The zero-order chi connectivity index (χ0) is 14.1. The number of hydrogen-bond acceptors (Lipinski definition) is 3. The molecular weight excluding hydrogens is 293 g/mol. The molecule has 0 radical (unpaired) electrons. The first kappa shape index (κ1) is 13.5. The third-order valence-corrected chi connectivity index (χ3v) is 4.44. The Bertz CT molecular complexity index is 616. The first-order valence-corrected chi connectivity index (χ1v) is 7.33. The molecule has 20 heavy (non-hydrogen) atoms. The highest BCUT2D eigenvalue weighted by Crippen LogP contribution is 2.41. The van der Waals surface area contributed by atoms with Crippen molar-refractivity contribution in [3.8, 4) is 0 Å². The van der Waals surface area contributed by atoms with Gasteiger partial charge >= 0.3 is 0 Å². The lowest BCUT2D eigenvalue weighted by Crippen LogP contribution is -2.23. The van der Waals surface area contributed by atoms with Gasteiger partial charge in [0.05, 0.1) is 27.5 Å². The Morgan fingerprint density at radius 1 is 1.15 bits per heavy atom. The summed E-state index contributed by atoms with van der Waals surface area (Å²) < 4.78 is 0. The molecule has 1 aliphatic rings. The molecule has 1 aliphatic heterocycles. The number of aromatic nitrogens is 1. The largest absolute Gasteiger partial charge is 0.397 e. The maximum Gasteiger partial charge on any atom is 0.0621 e. The molecule has 0 spiro atoms. The van der Waals surface area contributed by atoms with Gasteiger partial charge < -0.3 is 10.6 Å². The summed E-state index contributed by atoms with van der Waals surface area (Å²) in [6.45, 7) is 0.967. The fourth-order valence-electron chi connectivity index (χ4n) is 2.79. The minimum Gasteiger partial charge on any atom is -0.397 e. The highest BCUT2D eigenvalue weighted by molar-refractivity contribution is 6.42. The molecule has 0 bridgehead atoms. The second-order valence-electron chi connectivity index (χ2n) is 4.96. The molecule has 0 amide bonds. The number of anilines is 2. The van der Waals surface area contributed by atoms with E-state index in [2.05, 4.69) is 22.0 Å². The summed E-state index contributed by atoms with van der Waals surface area (Å²) in [4.78, 5) is 6.37. The van der Waals surface area contributed by atoms with Gasteiger partial charge in [-0.25, -0.2) is 0 Å². The van der Waals surface area contributed by atoms with Crippen LogP contribution < -0.4 is 10.6 Å². The lowest BCUT2D eigenvalue weighted by atomic mass is 10.1. The molecule has 2 aromatic rings. The van der Waals surface area contributed by atoms with Gasteiger partial charge in [-0.15, -0.1) is 0 Å². The molecular formula is C15H15Cl2N3. The van der Waals surface area contributed by atoms with Gasteiger partial charge in [-0.3, -0.25) is 4.98 Å². The molecule has 1 unspecified atom stereocenters. The number of nitrogen functional groups attached to an aromatic ring is 1. The average Bonchev–Trinajstić information content (AvgIpc) is 2.93. The number of nitrogens with two attached hydrogens (primary N) is 1. The van der Waals surface area contributed by atoms with E-state index in [1.165, 1.54) is 5.56 Å². The van der Waals surface area contributed by atoms with Crippen LogP contribution in [0.15, 0.2) is 36.7 Å². The second-order valence-corrected chi connectivity index (χ2v) is 5.77. The van der Waals surface area contributed by atoms with Gasteiger partial charge in [0.15, 0.2) is 0 Å². The number of pyridine rings is 1. The average molecular weight is 308 g/mol. The fourth-order valence-corrected chi connectivity index (χ4v) is 3.12. The number of halogens is 2. The Balaban J connectivity index is 1.99. The normalized spacial score (nSPS) is 18.5. The van der Waals surface area contributed by atoms with E-state index in [0.717, 1.165) is 25.1 Å². The summed E-state index contributed by atoms with van der Waals surface area (Å²) in [6.07, 6.45) is 5.88. The van der Waals surface area contributed by atoms with Crippen molar-refractivity contribution < 1.29 is 0 Å². The molecule has 5 heteroatoms. The minimum absolute atomic E-state index is 0.317. The van der Waals surface area contributed by atoms with Gasteiger partial charge in [-0.1, -0.05) is 23.2 Å². The Morgan fingerprint density at radius 3 is 2.60 bits per heavy atom. The number of nitrogens with zero attached hydrogens (tertiary/aromatic N) is 2. The Labute approximate surface area is 128 Å². The standard InChI is InChI=1S/C15H15Cl2N3/c16-11-8-13(18)15(9-12(11)17)20-7-1-2-14(20)10-3-5-19-6-4-10/h3-6,8-9,14H,1-2,7,18H2. The van der Waals surface area contributed by atoms with Crippen molar-refractivity contribution in [3.63, 3.8) is 0 Å². The maximum atomic E-state index is 6.13. The molecule has 1 saturated heterocycles. The van der Waals surface area contributed by atoms with Crippen LogP contribution in [0, 0.1) is 0 Å². The monoisotopic (exact) mass is 307 g/mol. The summed E-state index contributed by atoms with van der Waals surface area (Å²) in [5, 5.41) is 1.03. The van der Waals surface area contributed by atoms with E-state index >= 15 is 0 Å². The van der Waals surface area contributed by atoms with E-state index in [1.807, 2.05) is 18.5 Å². The molecule has 0 saturated carbocycles. The predicted octanol–water partition coefficient (Wildman–Crippen LogP) is 4.31. The summed E-state index contributed by atoms with van der Waals surface area (Å²) in [5.74, 6) is 0. The molecule has 3 nitrogen and oxygen atoms in total. The van der Waals surface area contributed by atoms with Gasteiger partial charge in [-0.05, 0) is 42.7 Å². The van der Waals surface area contributed by atoms with Crippen molar-refractivity contribution in [3.05, 3.63) is 52.3 Å². The first-order chi connectivity index (χ1) is 9.66. The van der Waals surface area contributed by atoms with Crippen LogP contribution in [0.2, 0.25) is 10.0 Å². The second kappa shape index (κ2) is 5.51. The maximum absolute atomic E-state index is 6.13. The lowest BCUT2D eigenvalue weighted by molar-refractivity contribution is 0.718. The third-order valence-electron chi connectivity index (χ3n) is 3.72. The minimum atomic E-state index is 0.317. The molecule has 2 N–H and O–H groups in total. The SMILES string of the molecule is Nc1cc(Cl)c(Cl)cc1N1CCCC1c1ccncc1. The van der Waals surface area contributed by atoms with Gasteiger partial charge in [0.25, 0.3) is 0 Å². The van der Waals surface area contributed by atoms with Crippen LogP contribution in [0.1, 0.15) is 24.4 Å². The Hall–Kier alpha value is -1.45. The highest BCUT2D eigenvalue weighted by Gasteiger charge is 2.27. The van der Waals surface area contributed by atoms with E-state index in [4.69, 9.17) is 28.9 Å². The van der Waals surface area contributed by atoms with Gasteiger partial charge in [0.1, 0.15) is 0 Å². The smallest absolute Gasteiger partial charge is 0.0621 e. The Kier molecular flexibility index (Phi) is 3.72. The van der Waals surface area contributed by atoms with Gasteiger partial charge in [0.2, 0.25) is 0 Å². The van der Waals surface area contributed by atoms with Crippen LogP contribution in [0.5, 0.6) is 0 Å².